The van der Waals surface area contributed by atoms with Crippen LogP contribution in [-0.2, 0) is 0 Å². The van der Waals surface area contributed by atoms with Crippen LogP contribution >= 0.6 is 0 Å². The molecule has 27 heavy (non-hydrogen) atoms. The summed E-state index contributed by atoms with van der Waals surface area (Å²) in [6.45, 7) is 0. The molecule has 1 heterocycles. The van der Waals surface area contributed by atoms with Gasteiger partial charge in [0.2, 0.25) is 0 Å². The van der Waals surface area contributed by atoms with Gasteiger partial charge in [0, 0.05) is 23.6 Å². The normalized spacial score (nSPS) is 10.2. The Kier molecular flexibility index (Phi) is 5.51. The predicted octanol–water partition coefficient (Wildman–Crippen LogP) is 4.23. The third kappa shape index (κ3) is 4.52. The lowest BCUT2D eigenvalue weighted by molar-refractivity contribution is 0.102. The van der Waals surface area contributed by atoms with E-state index >= 15 is 0 Å². The zero-order chi connectivity index (χ0) is 19.2. The Bertz CT molecular complexity index is 945. The summed E-state index contributed by atoms with van der Waals surface area (Å²) in [5.74, 6) is 0.495. The summed E-state index contributed by atoms with van der Waals surface area (Å²) in [5.41, 5.74) is 2.25. The molecule has 0 bridgehead atoms. The number of rotatable bonds is 6. The highest BCUT2D eigenvalue weighted by Gasteiger charge is 2.09. The number of halogens is 1. The van der Waals surface area contributed by atoms with Crippen LogP contribution in [0.1, 0.15) is 10.4 Å². The first-order chi connectivity index (χ1) is 13.1. The van der Waals surface area contributed by atoms with E-state index in [0.717, 1.165) is 5.69 Å². The van der Waals surface area contributed by atoms with Gasteiger partial charge in [0.05, 0.1) is 31.7 Å². The van der Waals surface area contributed by atoms with Crippen molar-refractivity contribution in [3.8, 4) is 11.5 Å². The van der Waals surface area contributed by atoms with Gasteiger partial charge in [0.25, 0.3) is 5.91 Å². The van der Waals surface area contributed by atoms with Crippen molar-refractivity contribution in [2.45, 2.75) is 0 Å². The van der Waals surface area contributed by atoms with Gasteiger partial charge in [-0.05, 0) is 42.5 Å². The Balaban J connectivity index is 1.75. The van der Waals surface area contributed by atoms with Crippen LogP contribution in [0, 0.1) is 5.82 Å². The minimum Gasteiger partial charge on any atom is -0.493 e. The molecule has 0 spiro atoms. The molecular formula is C20H18FN3O3. The highest BCUT2D eigenvalue weighted by Crippen LogP contribution is 2.31. The highest BCUT2D eigenvalue weighted by atomic mass is 19.1. The number of hydrogen-bond donors (Lipinski definition) is 2. The van der Waals surface area contributed by atoms with Gasteiger partial charge in [-0.2, -0.15) is 0 Å². The molecule has 6 nitrogen and oxygen atoms in total. The number of carbonyl (C=O) groups is 1. The van der Waals surface area contributed by atoms with Gasteiger partial charge < -0.3 is 20.1 Å². The number of nitrogens with one attached hydrogen (secondary N) is 2. The molecule has 0 fully saturated rings. The number of amides is 1. The van der Waals surface area contributed by atoms with E-state index in [4.69, 9.17) is 9.47 Å². The van der Waals surface area contributed by atoms with E-state index < -0.39 is 0 Å². The van der Waals surface area contributed by atoms with Crippen LogP contribution in [0.4, 0.5) is 21.5 Å². The van der Waals surface area contributed by atoms with Gasteiger partial charge in [0.15, 0.2) is 11.5 Å². The maximum absolute atomic E-state index is 13.0. The van der Waals surface area contributed by atoms with Crippen LogP contribution in [-0.4, -0.2) is 25.1 Å². The molecule has 2 aromatic carbocycles. The SMILES string of the molecule is COc1ccc(Nc2cncc(C(=O)Nc3ccc(F)cc3)c2)cc1OC. The average Bonchev–Trinajstić information content (AvgIpc) is 2.69. The van der Waals surface area contributed by atoms with E-state index in [-0.39, 0.29) is 11.7 Å². The molecule has 3 aromatic rings. The zero-order valence-electron chi connectivity index (χ0n) is 14.8. The minimum absolute atomic E-state index is 0.343. The van der Waals surface area contributed by atoms with Gasteiger partial charge >= 0.3 is 0 Å². The molecule has 0 saturated heterocycles. The molecule has 1 amide bonds. The Morgan fingerprint density at radius 3 is 2.30 bits per heavy atom. The molecule has 0 aliphatic carbocycles. The molecule has 0 saturated carbocycles. The summed E-state index contributed by atoms with van der Waals surface area (Å²) >= 11 is 0. The number of pyridine rings is 1. The van der Waals surface area contributed by atoms with Crippen molar-refractivity contribution >= 4 is 23.0 Å². The molecule has 1 aromatic heterocycles. The van der Waals surface area contributed by atoms with Crippen molar-refractivity contribution in [1.29, 1.82) is 0 Å². The fourth-order valence-electron chi connectivity index (χ4n) is 2.45. The van der Waals surface area contributed by atoms with E-state index in [2.05, 4.69) is 15.6 Å². The Hall–Kier alpha value is -3.61. The summed E-state index contributed by atoms with van der Waals surface area (Å²) in [6.07, 6.45) is 3.06. The quantitative estimate of drug-likeness (QED) is 0.682. The molecule has 3 rings (SSSR count). The monoisotopic (exact) mass is 367 g/mol. The van der Waals surface area contributed by atoms with Crippen molar-refractivity contribution in [2.24, 2.45) is 0 Å². The maximum Gasteiger partial charge on any atom is 0.257 e. The van der Waals surface area contributed by atoms with Gasteiger partial charge in [-0.15, -0.1) is 0 Å². The number of nitrogens with zero attached hydrogens (tertiary/aromatic N) is 1. The van der Waals surface area contributed by atoms with Crippen LogP contribution in [0.2, 0.25) is 0 Å². The number of benzene rings is 2. The first kappa shape index (κ1) is 18.2. The predicted molar refractivity (Wildman–Crippen MR) is 101 cm³/mol. The van der Waals surface area contributed by atoms with E-state index in [1.807, 2.05) is 6.07 Å². The molecule has 7 heteroatoms. The maximum atomic E-state index is 13.0. The lowest BCUT2D eigenvalue weighted by Crippen LogP contribution is -2.12. The number of methoxy groups -OCH3 is 2. The van der Waals surface area contributed by atoms with Gasteiger partial charge in [-0.1, -0.05) is 0 Å². The van der Waals surface area contributed by atoms with Crippen LogP contribution in [0.15, 0.2) is 60.9 Å². The van der Waals surface area contributed by atoms with Crippen molar-refractivity contribution in [2.75, 3.05) is 24.9 Å². The lowest BCUT2D eigenvalue weighted by atomic mass is 10.2. The standard InChI is InChI=1S/C20H18FN3O3/c1-26-18-8-7-16(10-19(18)27-2)23-17-9-13(11-22-12-17)20(25)24-15-5-3-14(21)4-6-15/h3-12,23H,1-2H3,(H,24,25). The van der Waals surface area contributed by atoms with Crippen molar-refractivity contribution < 1.29 is 18.7 Å². The number of anilines is 3. The number of ether oxygens (including phenoxy) is 2. The smallest absolute Gasteiger partial charge is 0.257 e. The highest BCUT2D eigenvalue weighted by molar-refractivity contribution is 6.04. The molecule has 0 unspecified atom stereocenters. The number of aromatic nitrogens is 1. The fraction of sp³-hybridized carbons (Fsp3) is 0.100. The lowest BCUT2D eigenvalue weighted by Gasteiger charge is -2.12. The van der Waals surface area contributed by atoms with E-state index in [1.165, 1.54) is 30.5 Å². The van der Waals surface area contributed by atoms with E-state index in [0.29, 0.717) is 28.4 Å². The minimum atomic E-state index is -0.365. The van der Waals surface area contributed by atoms with Crippen LogP contribution in [0.25, 0.3) is 0 Å². The third-order valence-electron chi connectivity index (χ3n) is 3.77. The summed E-state index contributed by atoms with van der Waals surface area (Å²) in [6, 6.07) is 12.6. The molecule has 0 aliphatic rings. The second-order valence-electron chi connectivity index (χ2n) is 5.62. The van der Waals surface area contributed by atoms with Gasteiger partial charge in [0.1, 0.15) is 5.82 Å². The second kappa shape index (κ2) is 8.18. The second-order valence-corrected chi connectivity index (χ2v) is 5.62. The average molecular weight is 367 g/mol. The molecular weight excluding hydrogens is 349 g/mol. The molecule has 0 atom stereocenters. The fourth-order valence-corrected chi connectivity index (χ4v) is 2.45. The van der Waals surface area contributed by atoms with Crippen LogP contribution in [0.5, 0.6) is 11.5 Å². The third-order valence-corrected chi connectivity index (χ3v) is 3.77. The Morgan fingerprint density at radius 2 is 1.59 bits per heavy atom. The summed E-state index contributed by atoms with van der Waals surface area (Å²) < 4.78 is 23.5. The van der Waals surface area contributed by atoms with Crippen molar-refractivity contribution in [3.63, 3.8) is 0 Å². The molecule has 0 radical (unpaired) electrons. The topological polar surface area (TPSA) is 72.5 Å². The summed E-state index contributed by atoms with van der Waals surface area (Å²) in [5, 5.41) is 5.87. The van der Waals surface area contributed by atoms with E-state index in [9.17, 15) is 9.18 Å². The Morgan fingerprint density at radius 1 is 0.889 bits per heavy atom. The van der Waals surface area contributed by atoms with E-state index in [1.54, 1.807) is 38.6 Å². The van der Waals surface area contributed by atoms with Crippen molar-refractivity contribution in [3.05, 3.63) is 72.3 Å². The first-order valence-electron chi connectivity index (χ1n) is 8.10. The molecule has 138 valence electrons. The summed E-state index contributed by atoms with van der Waals surface area (Å²) in [4.78, 5) is 16.5. The van der Waals surface area contributed by atoms with Crippen molar-refractivity contribution in [1.82, 2.24) is 4.98 Å². The first-order valence-corrected chi connectivity index (χ1v) is 8.10. The van der Waals surface area contributed by atoms with Gasteiger partial charge in [-0.25, -0.2) is 4.39 Å². The molecule has 2 N–H and O–H groups in total. The van der Waals surface area contributed by atoms with Crippen LogP contribution in [0.3, 0.4) is 0 Å². The Labute approximate surface area is 156 Å². The molecule has 0 aliphatic heterocycles. The summed E-state index contributed by atoms with van der Waals surface area (Å²) in [7, 11) is 3.13. The zero-order valence-corrected chi connectivity index (χ0v) is 14.8. The largest absolute Gasteiger partial charge is 0.493 e. The van der Waals surface area contributed by atoms with Crippen LogP contribution < -0.4 is 20.1 Å². The van der Waals surface area contributed by atoms with Gasteiger partial charge in [-0.3, -0.25) is 9.78 Å². The number of hydrogen-bond acceptors (Lipinski definition) is 5. The number of carbonyl (C=O) groups excluding carboxylic acids is 1.